The normalized spacial score (nSPS) is 14.7. The summed E-state index contributed by atoms with van der Waals surface area (Å²) in [5.41, 5.74) is 3.77. The van der Waals surface area contributed by atoms with Gasteiger partial charge in [-0.1, -0.05) is 48.5 Å². The van der Waals surface area contributed by atoms with Crippen molar-refractivity contribution >= 4 is 34.4 Å². The van der Waals surface area contributed by atoms with Crippen molar-refractivity contribution < 1.29 is 9.90 Å². The van der Waals surface area contributed by atoms with Crippen molar-refractivity contribution in [2.75, 3.05) is 17.8 Å². The zero-order chi connectivity index (χ0) is 22.8. The number of carbonyl (C=O) groups is 1. The standard InChI is InChI=1S/C27H25N3O2S/c1-19-15-22(26(31)30-17-27(32,18-30)16-20-7-3-2-4-8-20)12-13-23(19)29-33-24-11-5-9-21-10-6-14-28-25(21)24/h2-15,29,32H,16-18H2,1H3. The largest absolute Gasteiger partial charge is 0.386 e. The average molecular weight is 456 g/mol. The molecule has 5 nitrogen and oxygen atoms in total. The molecule has 0 bridgehead atoms. The zero-order valence-electron chi connectivity index (χ0n) is 18.4. The van der Waals surface area contributed by atoms with Gasteiger partial charge in [-0.05, 0) is 60.3 Å². The number of aliphatic hydroxyl groups is 1. The molecule has 0 unspecified atom stereocenters. The summed E-state index contributed by atoms with van der Waals surface area (Å²) in [6.45, 7) is 2.69. The minimum atomic E-state index is -0.851. The summed E-state index contributed by atoms with van der Waals surface area (Å²) < 4.78 is 3.40. The van der Waals surface area contributed by atoms with Gasteiger partial charge in [0.1, 0.15) is 5.60 Å². The van der Waals surface area contributed by atoms with Crippen molar-refractivity contribution in [3.63, 3.8) is 0 Å². The molecule has 1 aliphatic heterocycles. The average Bonchev–Trinajstić information content (AvgIpc) is 2.82. The third-order valence-electron chi connectivity index (χ3n) is 5.97. The molecule has 4 aromatic rings. The molecule has 1 aliphatic rings. The van der Waals surface area contributed by atoms with Crippen LogP contribution in [0, 0.1) is 6.92 Å². The van der Waals surface area contributed by atoms with E-state index in [0.29, 0.717) is 25.1 Å². The van der Waals surface area contributed by atoms with Gasteiger partial charge in [-0.3, -0.25) is 9.78 Å². The Kier molecular flexibility index (Phi) is 5.79. The first-order valence-corrected chi connectivity index (χ1v) is 11.8. The predicted octanol–water partition coefficient (Wildman–Crippen LogP) is 5.09. The highest BCUT2D eigenvalue weighted by atomic mass is 32.2. The molecule has 5 rings (SSSR count). The van der Waals surface area contributed by atoms with E-state index < -0.39 is 5.60 Å². The van der Waals surface area contributed by atoms with E-state index >= 15 is 0 Å². The first-order valence-electron chi connectivity index (χ1n) is 10.9. The summed E-state index contributed by atoms with van der Waals surface area (Å²) in [5.74, 6) is -0.0479. The number of pyridine rings is 1. The van der Waals surface area contributed by atoms with Crippen LogP contribution in [0.4, 0.5) is 5.69 Å². The summed E-state index contributed by atoms with van der Waals surface area (Å²) in [7, 11) is 0. The van der Waals surface area contributed by atoms with Crippen molar-refractivity contribution in [1.29, 1.82) is 0 Å². The number of aromatic nitrogens is 1. The van der Waals surface area contributed by atoms with Gasteiger partial charge < -0.3 is 14.7 Å². The van der Waals surface area contributed by atoms with Crippen LogP contribution in [0.5, 0.6) is 0 Å². The Hall–Kier alpha value is -3.35. The fourth-order valence-electron chi connectivity index (χ4n) is 4.26. The molecule has 1 aromatic heterocycles. The zero-order valence-corrected chi connectivity index (χ0v) is 19.2. The number of likely N-dealkylation sites (tertiary alicyclic amines) is 1. The Bertz CT molecular complexity index is 1300. The van der Waals surface area contributed by atoms with Crippen LogP contribution in [-0.2, 0) is 6.42 Å². The molecule has 33 heavy (non-hydrogen) atoms. The van der Waals surface area contributed by atoms with Gasteiger partial charge in [-0.2, -0.15) is 0 Å². The van der Waals surface area contributed by atoms with Crippen LogP contribution < -0.4 is 4.72 Å². The molecule has 3 aromatic carbocycles. The lowest BCUT2D eigenvalue weighted by Crippen LogP contribution is -2.64. The Morgan fingerprint density at radius 2 is 1.85 bits per heavy atom. The molecule has 0 radical (unpaired) electrons. The molecular weight excluding hydrogens is 430 g/mol. The number of benzene rings is 3. The number of aryl methyl sites for hydroxylation is 1. The van der Waals surface area contributed by atoms with Crippen molar-refractivity contribution in [2.24, 2.45) is 0 Å². The van der Waals surface area contributed by atoms with Gasteiger partial charge in [0.05, 0.1) is 23.5 Å². The molecule has 2 heterocycles. The van der Waals surface area contributed by atoms with Crippen LogP contribution in [0.3, 0.4) is 0 Å². The highest BCUT2D eigenvalue weighted by Gasteiger charge is 2.43. The minimum Gasteiger partial charge on any atom is -0.386 e. The van der Waals surface area contributed by atoms with Gasteiger partial charge in [0, 0.05) is 29.3 Å². The molecule has 1 fully saturated rings. The van der Waals surface area contributed by atoms with E-state index in [2.05, 4.69) is 21.8 Å². The van der Waals surface area contributed by atoms with Gasteiger partial charge in [0.15, 0.2) is 0 Å². The van der Waals surface area contributed by atoms with Crippen LogP contribution in [0.15, 0.2) is 90.0 Å². The molecule has 166 valence electrons. The summed E-state index contributed by atoms with van der Waals surface area (Å²) in [6.07, 6.45) is 2.36. The maximum atomic E-state index is 12.9. The summed E-state index contributed by atoms with van der Waals surface area (Å²) >= 11 is 1.51. The lowest BCUT2D eigenvalue weighted by atomic mass is 9.86. The van der Waals surface area contributed by atoms with E-state index in [4.69, 9.17) is 0 Å². The highest BCUT2D eigenvalue weighted by molar-refractivity contribution is 8.00. The smallest absolute Gasteiger partial charge is 0.254 e. The highest BCUT2D eigenvalue weighted by Crippen LogP contribution is 2.31. The quantitative estimate of drug-likeness (QED) is 0.397. The number of hydrogen-bond donors (Lipinski definition) is 2. The van der Waals surface area contributed by atoms with Crippen LogP contribution in [0.2, 0.25) is 0 Å². The van der Waals surface area contributed by atoms with E-state index in [-0.39, 0.29) is 5.91 Å². The fraction of sp³-hybridized carbons (Fsp3) is 0.185. The van der Waals surface area contributed by atoms with Gasteiger partial charge in [-0.25, -0.2) is 0 Å². The number of β-amino-alcohol motifs (C(OH)–C–C–N with tert-alkyl or cyclic N) is 1. The number of anilines is 1. The first-order chi connectivity index (χ1) is 16.0. The molecule has 0 spiro atoms. The molecule has 0 atom stereocenters. The van der Waals surface area contributed by atoms with Crippen molar-refractivity contribution in [3.8, 4) is 0 Å². The second-order valence-electron chi connectivity index (χ2n) is 8.61. The third-order valence-corrected chi connectivity index (χ3v) is 6.84. The lowest BCUT2D eigenvalue weighted by molar-refractivity contribution is -0.0799. The molecule has 1 saturated heterocycles. The summed E-state index contributed by atoms with van der Waals surface area (Å²) in [6, 6.07) is 25.7. The third kappa shape index (κ3) is 4.58. The Labute approximate surface area is 197 Å². The van der Waals surface area contributed by atoms with Crippen LogP contribution in [-0.4, -0.2) is 39.6 Å². The number of para-hydroxylation sites is 1. The van der Waals surface area contributed by atoms with Crippen LogP contribution in [0.1, 0.15) is 21.5 Å². The molecule has 0 saturated carbocycles. The number of fused-ring (bicyclic) bond motifs is 1. The van der Waals surface area contributed by atoms with Crippen LogP contribution >= 0.6 is 11.9 Å². The fourth-order valence-corrected chi connectivity index (χ4v) is 5.12. The number of rotatable bonds is 6. The van der Waals surface area contributed by atoms with E-state index in [9.17, 15) is 9.90 Å². The number of nitrogens with zero attached hydrogens (tertiary/aromatic N) is 2. The maximum Gasteiger partial charge on any atom is 0.254 e. The molecule has 6 heteroatoms. The monoisotopic (exact) mass is 455 g/mol. The van der Waals surface area contributed by atoms with E-state index in [1.165, 1.54) is 11.9 Å². The van der Waals surface area contributed by atoms with Gasteiger partial charge >= 0.3 is 0 Å². The Morgan fingerprint density at radius 1 is 1.06 bits per heavy atom. The second kappa shape index (κ2) is 8.89. The maximum absolute atomic E-state index is 12.9. The molecular formula is C27H25N3O2S. The summed E-state index contributed by atoms with van der Waals surface area (Å²) in [5, 5.41) is 11.9. The van der Waals surface area contributed by atoms with Gasteiger partial charge in [0.25, 0.3) is 5.91 Å². The minimum absolute atomic E-state index is 0.0479. The predicted molar refractivity (Wildman–Crippen MR) is 133 cm³/mol. The Balaban J connectivity index is 1.22. The number of amides is 1. The summed E-state index contributed by atoms with van der Waals surface area (Å²) in [4.78, 5) is 20.2. The van der Waals surface area contributed by atoms with Gasteiger partial charge in [-0.15, -0.1) is 0 Å². The molecule has 0 aliphatic carbocycles. The lowest BCUT2D eigenvalue weighted by Gasteiger charge is -2.46. The first kappa shape index (κ1) is 21.5. The van der Waals surface area contributed by atoms with E-state index in [1.54, 1.807) is 11.1 Å². The number of nitrogens with one attached hydrogen (secondary N) is 1. The molecule has 2 N–H and O–H groups in total. The molecule has 1 amide bonds. The topological polar surface area (TPSA) is 65.5 Å². The van der Waals surface area contributed by atoms with Crippen molar-refractivity contribution in [1.82, 2.24) is 9.88 Å². The second-order valence-corrected chi connectivity index (χ2v) is 9.46. The van der Waals surface area contributed by atoms with E-state index in [1.807, 2.05) is 73.7 Å². The number of carbonyl (C=O) groups excluding carboxylic acids is 1. The van der Waals surface area contributed by atoms with Crippen molar-refractivity contribution in [2.45, 2.75) is 23.8 Å². The van der Waals surface area contributed by atoms with Crippen LogP contribution in [0.25, 0.3) is 10.9 Å². The van der Waals surface area contributed by atoms with E-state index in [0.717, 1.165) is 32.6 Å². The number of hydrogen-bond acceptors (Lipinski definition) is 5. The van der Waals surface area contributed by atoms with Crippen molar-refractivity contribution in [3.05, 3.63) is 102 Å². The Morgan fingerprint density at radius 3 is 2.64 bits per heavy atom. The SMILES string of the molecule is Cc1cc(C(=O)N2CC(O)(Cc3ccccc3)C2)ccc1NSc1cccc2cccnc12. The van der Waals surface area contributed by atoms with Gasteiger partial charge in [0.2, 0.25) is 0 Å².